The van der Waals surface area contributed by atoms with Gasteiger partial charge in [-0.3, -0.25) is 4.79 Å². The van der Waals surface area contributed by atoms with Gasteiger partial charge in [-0.25, -0.2) is 8.78 Å². The first-order chi connectivity index (χ1) is 7.11. The van der Waals surface area contributed by atoms with Crippen LogP contribution in [0.5, 0.6) is 0 Å². The summed E-state index contributed by atoms with van der Waals surface area (Å²) in [5, 5.41) is 2.92. The second-order valence-electron chi connectivity index (χ2n) is 3.44. The van der Waals surface area contributed by atoms with Gasteiger partial charge in [0.1, 0.15) is 0 Å². The number of amides is 1. The lowest BCUT2D eigenvalue weighted by molar-refractivity contribution is -0.133. The smallest absolute Gasteiger partial charge is 0.255 e. The summed E-state index contributed by atoms with van der Waals surface area (Å²) in [6.07, 6.45) is -0.693. The zero-order valence-corrected chi connectivity index (χ0v) is 9.43. The highest BCUT2D eigenvalue weighted by molar-refractivity contribution is 5.76. The summed E-state index contributed by atoms with van der Waals surface area (Å²) in [7, 11) is 1.80. The molecule has 3 nitrogen and oxygen atoms in total. The van der Waals surface area contributed by atoms with Crippen LogP contribution in [0.2, 0.25) is 0 Å². The van der Waals surface area contributed by atoms with E-state index in [1.165, 1.54) is 4.90 Å². The van der Waals surface area contributed by atoms with Crippen molar-refractivity contribution >= 4 is 5.91 Å². The van der Waals surface area contributed by atoms with Gasteiger partial charge in [-0.05, 0) is 26.4 Å². The van der Waals surface area contributed by atoms with Gasteiger partial charge in [-0.2, -0.15) is 0 Å². The molecule has 5 heteroatoms. The second kappa shape index (κ2) is 8.59. The number of hydrogen-bond donors (Lipinski definition) is 1. The Hall–Kier alpha value is -0.710. The molecule has 0 spiro atoms. The van der Waals surface area contributed by atoms with Crippen molar-refractivity contribution in [2.24, 2.45) is 0 Å². The number of carbonyl (C=O) groups is 1. The van der Waals surface area contributed by atoms with E-state index in [-0.39, 0.29) is 5.91 Å². The maximum Gasteiger partial charge on any atom is 0.255 e. The van der Waals surface area contributed by atoms with E-state index >= 15 is 0 Å². The average Bonchev–Trinajstić information content (AvgIpc) is 2.17. The van der Waals surface area contributed by atoms with Crippen LogP contribution < -0.4 is 5.32 Å². The molecule has 0 aromatic heterocycles. The Morgan fingerprint density at radius 3 is 2.60 bits per heavy atom. The van der Waals surface area contributed by atoms with E-state index in [0.717, 1.165) is 6.54 Å². The van der Waals surface area contributed by atoms with Crippen LogP contribution in [-0.2, 0) is 4.79 Å². The van der Waals surface area contributed by atoms with Crippen molar-refractivity contribution in [1.29, 1.82) is 0 Å². The summed E-state index contributed by atoms with van der Waals surface area (Å²) in [6.45, 7) is 2.59. The van der Waals surface area contributed by atoms with Crippen molar-refractivity contribution in [2.75, 3.05) is 26.7 Å². The molecule has 0 saturated carbocycles. The van der Waals surface area contributed by atoms with E-state index < -0.39 is 13.0 Å². The van der Waals surface area contributed by atoms with Crippen LogP contribution in [0.25, 0.3) is 0 Å². The minimum Gasteiger partial charge on any atom is -0.337 e. The van der Waals surface area contributed by atoms with Crippen molar-refractivity contribution in [1.82, 2.24) is 10.2 Å². The zero-order chi connectivity index (χ0) is 11.7. The van der Waals surface area contributed by atoms with Gasteiger partial charge in [0.25, 0.3) is 6.43 Å². The molecule has 0 unspecified atom stereocenters. The van der Waals surface area contributed by atoms with E-state index in [9.17, 15) is 13.6 Å². The fourth-order valence-electron chi connectivity index (χ4n) is 1.33. The Balaban J connectivity index is 3.92. The largest absolute Gasteiger partial charge is 0.337 e. The summed E-state index contributed by atoms with van der Waals surface area (Å²) in [5.74, 6) is -0.174. The van der Waals surface area contributed by atoms with Crippen LogP contribution >= 0.6 is 0 Å². The number of nitrogens with zero attached hydrogens (tertiary/aromatic N) is 1. The first-order valence-electron chi connectivity index (χ1n) is 5.32. The molecule has 15 heavy (non-hydrogen) atoms. The normalized spacial score (nSPS) is 10.7. The number of carbonyl (C=O) groups excluding carboxylic acids is 1. The Kier molecular flexibility index (Phi) is 8.18. The maximum atomic E-state index is 12.2. The SMILES string of the molecule is CCCN(CC(F)F)C(=O)CCCNC. The van der Waals surface area contributed by atoms with Crippen LogP contribution in [0.4, 0.5) is 8.78 Å². The molecule has 1 amide bonds. The Morgan fingerprint density at radius 2 is 2.13 bits per heavy atom. The van der Waals surface area contributed by atoms with Crippen LogP contribution in [-0.4, -0.2) is 43.9 Å². The van der Waals surface area contributed by atoms with Crippen LogP contribution in [0, 0.1) is 0 Å². The van der Waals surface area contributed by atoms with Crippen molar-refractivity contribution in [3.05, 3.63) is 0 Å². The first-order valence-corrected chi connectivity index (χ1v) is 5.32. The third-order valence-corrected chi connectivity index (χ3v) is 2.02. The lowest BCUT2D eigenvalue weighted by Crippen LogP contribution is -2.35. The van der Waals surface area contributed by atoms with Crippen molar-refractivity contribution in [2.45, 2.75) is 32.6 Å². The van der Waals surface area contributed by atoms with Gasteiger partial charge in [-0.15, -0.1) is 0 Å². The predicted octanol–water partition coefficient (Wildman–Crippen LogP) is 1.49. The molecule has 0 aliphatic rings. The van der Waals surface area contributed by atoms with Crippen LogP contribution in [0.15, 0.2) is 0 Å². The number of halogens is 2. The molecule has 0 rings (SSSR count). The van der Waals surface area contributed by atoms with Crippen LogP contribution in [0.1, 0.15) is 26.2 Å². The van der Waals surface area contributed by atoms with Crippen molar-refractivity contribution in [3.63, 3.8) is 0 Å². The van der Waals surface area contributed by atoms with Gasteiger partial charge in [-0.1, -0.05) is 6.92 Å². The molecular formula is C10H20F2N2O. The highest BCUT2D eigenvalue weighted by Gasteiger charge is 2.16. The quantitative estimate of drug-likeness (QED) is 0.631. The summed E-state index contributed by atoms with van der Waals surface area (Å²) in [4.78, 5) is 12.8. The van der Waals surface area contributed by atoms with E-state index in [1.54, 1.807) is 7.05 Å². The summed E-state index contributed by atoms with van der Waals surface area (Å²) in [6, 6.07) is 0. The number of rotatable bonds is 8. The Morgan fingerprint density at radius 1 is 1.47 bits per heavy atom. The number of alkyl halides is 2. The molecular weight excluding hydrogens is 202 g/mol. The summed E-state index contributed by atoms with van der Waals surface area (Å²) in [5.41, 5.74) is 0. The molecule has 0 fully saturated rings. The standard InChI is InChI=1S/C10H20F2N2O/c1-3-7-14(8-9(11)12)10(15)5-4-6-13-2/h9,13H,3-8H2,1-2H3. The van der Waals surface area contributed by atoms with Gasteiger partial charge < -0.3 is 10.2 Å². The van der Waals surface area contributed by atoms with E-state index in [1.807, 2.05) is 6.92 Å². The summed E-state index contributed by atoms with van der Waals surface area (Å²) < 4.78 is 24.3. The van der Waals surface area contributed by atoms with Crippen molar-refractivity contribution in [3.8, 4) is 0 Å². The molecule has 0 heterocycles. The molecule has 90 valence electrons. The first kappa shape index (κ1) is 14.3. The van der Waals surface area contributed by atoms with E-state index in [2.05, 4.69) is 5.32 Å². The predicted molar refractivity (Wildman–Crippen MR) is 56.0 cm³/mol. The monoisotopic (exact) mass is 222 g/mol. The highest BCUT2D eigenvalue weighted by Crippen LogP contribution is 2.03. The molecule has 1 N–H and O–H groups in total. The highest BCUT2D eigenvalue weighted by atomic mass is 19.3. The molecule has 0 bridgehead atoms. The van der Waals surface area contributed by atoms with Gasteiger partial charge in [0, 0.05) is 13.0 Å². The minimum absolute atomic E-state index is 0.174. The van der Waals surface area contributed by atoms with Gasteiger partial charge in [0.05, 0.1) is 6.54 Å². The lowest BCUT2D eigenvalue weighted by atomic mass is 10.2. The van der Waals surface area contributed by atoms with Gasteiger partial charge in [0.15, 0.2) is 0 Å². The molecule has 0 aliphatic carbocycles. The van der Waals surface area contributed by atoms with Gasteiger partial charge in [0.2, 0.25) is 5.91 Å². The fraction of sp³-hybridized carbons (Fsp3) is 0.900. The summed E-state index contributed by atoms with van der Waals surface area (Å²) >= 11 is 0. The molecule has 0 aromatic carbocycles. The number of nitrogens with one attached hydrogen (secondary N) is 1. The van der Waals surface area contributed by atoms with Gasteiger partial charge >= 0.3 is 0 Å². The van der Waals surface area contributed by atoms with Crippen LogP contribution in [0.3, 0.4) is 0 Å². The van der Waals surface area contributed by atoms with E-state index in [4.69, 9.17) is 0 Å². The lowest BCUT2D eigenvalue weighted by Gasteiger charge is -2.21. The number of hydrogen-bond acceptors (Lipinski definition) is 2. The maximum absolute atomic E-state index is 12.2. The molecule has 0 atom stereocenters. The Bertz CT molecular complexity index is 177. The molecule has 0 aromatic rings. The van der Waals surface area contributed by atoms with E-state index in [0.29, 0.717) is 25.8 Å². The third kappa shape index (κ3) is 7.25. The topological polar surface area (TPSA) is 32.3 Å². The Labute approximate surface area is 89.8 Å². The molecule has 0 radical (unpaired) electrons. The third-order valence-electron chi connectivity index (χ3n) is 2.02. The average molecular weight is 222 g/mol. The second-order valence-corrected chi connectivity index (χ2v) is 3.44. The zero-order valence-electron chi connectivity index (χ0n) is 9.43. The fourth-order valence-corrected chi connectivity index (χ4v) is 1.33. The van der Waals surface area contributed by atoms with Crippen molar-refractivity contribution < 1.29 is 13.6 Å². The minimum atomic E-state index is -2.44. The molecule has 0 saturated heterocycles. The molecule has 0 aliphatic heterocycles.